The lowest BCUT2D eigenvalue weighted by Gasteiger charge is -2.15. The molecular weight excluding hydrogens is 203 g/mol. The van der Waals surface area contributed by atoms with Gasteiger partial charge in [0.2, 0.25) is 0 Å². The van der Waals surface area contributed by atoms with Gasteiger partial charge in [-0.15, -0.1) is 0 Å². The lowest BCUT2D eigenvalue weighted by molar-refractivity contribution is 0.458. The van der Waals surface area contributed by atoms with Crippen LogP contribution in [0.5, 0.6) is 0 Å². The van der Waals surface area contributed by atoms with Crippen LogP contribution >= 0.6 is 0 Å². The van der Waals surface area contributed by atoms with Gasteiger partial charge >= 0.3 is 0 Å². The molecule has 90 valence electrons. The van der Waals surface area contributed by atoms with Gasteiger partial charge < -0.3 is 0 Å². The van der Waals surface area contributed by atoms with E-state index in [1.165, 1.54) is 18.9 Å². The lowest BCUT2D eigenvalue weighted by Crippen LogP contribution is -2.36. The Morgan fingerprint density at radius 1 is 1.31 bits per heavy atom. The molecule has 1 aromatic rings. The summed E-state index contributed by atoms with van der Waals surface area (Å²) in [5.41, 5.74) is 3.51. The van der Waals surface area contributed by atoms with Gasteiger partial charge in [-0.3, -0.25) is 11.3 Å². The summed E-state index contributed by atoms with van der Waals surface area (Å²) in [6, 6.07) is 7.05. The van der Waals surface area contributed by atoms with Gasteiger partial charge in [0.05, 0.1) is 0 Å². The molecule has 1 aromatic carbocycles. The summed E-state index contributed by atoms with van der Waals surface area (Å²) in [5, 5.41) is 0. The predicted octanol–water partition coefficient (Wildman–Crippen LogP) is 2.78. The summed E-state index contributed by atoms with van der Waals surface area (Å²) < 4.78 is 13.4. The predicted molar refractivity (Wildman–Crippen MR) is 65.4 cm³/mol. The first-order valence-electron chi connectivity index (χ1n) is 5.97. The smallest absolute Gasteiger partial charge is 0.126 e. The maximum absolute atomic E-state index is 13.4. The minimum atomic E-state index is -0.141. The van der Waals surface area contributed by atoms with E-state index in [9.17, 15) is 4.39 Å². The van der Waals surface area contributed by atoms with Crippen LogP contribution in [-0.4, -0.2) is 6.04 Å². The summed E-state index contributed by atoms with van der Waals surface area (Å²) in [4.78, 5) is 0. The molecule has 0 spiro atoms. The molecule has 3 N–H and O–H groups in total. The zero-order chi connectivity index (χ0) is 11.8. The third-order valence-electron chi connectivity index (χ3n) is 2.82. The molecule has 0 bridgehead atoms. The Balaban J connectivity index is 2.46. The van der Waals surface area contributed by atoms with Crippen molar-refractivity contribution in [3.05, 3.63) is 35.6 Å². The third-order valence-corrected chi connectivity index (χ3v) is 2.82. The SMILES string of the molecule is CCCCCC(Cc1ccccc1F)NN. The van der Waals surface area contributed by atoms with Crippen LogP contribution in [0.1, 0.15) is 38.2 Å². The van der Waals surface area contributed by atoms with Gasteiger partial charge in [-0.2, -0.15) is 0 Å². The summed E-state index contributed by atoms with van der Waals surface area (Å²) in [5.74, 6) is 5.34. The molecule has 0 saturated heterocycles. The molecule has 0 aliphatic rings. The van der Waals surface area contributed by atoms with Gasteiger partial charge in [0.25, 0.3) is 0 Å². The summed E-state index contributed by atoms with van der Waals surface area (Å²) in [6.07, 6.45) is 5.19. The van der Waals surface area contributed by atoms with Crippen LogP contribution in [0.25, 0.3) is 0 Å². The van der Waals surface area contributed by atoms with E-state index < -0.39 is 0 Å². The molecule has 3 heteroatoms. The van der Waals surface area contributed by atoms with Crippen molar-refractivity contribution in [2.75, 3.05) is 0 Å². The Kier molecular flexibility index (Phi) is 6.04. The van der Waals surface area contributed by atoms with Crippen LogP contribution in [0.4, 0.5) is 4.39 Å². The van der Waals surface area contributed by atoms with Gasteiger partial charge in [-0.05, 0) is 24.5 Å². The quantitative estimate of drug-likeness (QED) is 0.424. The molecule has 0 aromatic heterocycles. The molecule has 2 nitrogen and oxygen atoms in total. The Hall–Kier alpha value is -0.930. The zero-order valence-electron chi connectivity index (χ0n) is 9.88. The fourth-order valence-corrected chi connectivity index (χ4v) is 1.81. The first kappa shape index (κ1) is 13.1. The van der Waals surface area contributed by atoms with Gasteiger partial charge in [0, 0.05) is 6.04 Å². The van der Waals surface area contributed by atoms with Crippen LogP contribution in [-0.2, 0) is 6.42 Å². The fourth-order valence-electron chi connectivity index (χ4n) is 1.81. The highest BCUT2D eigenvalue weighted by Gasteiger charge is 2.09. The van der Waals surface area contributed by atoms with Gasteiger partial charge in [-0.1, -0.05) is 44.4 Å². The molecule has 0 aliphatic carbocycles. The number of halogens is 1. The fraction of sp³-hybridized carbons (Fsp3) is 0.538. The number of rotatable bonds is 7. The Morgan fingerprint density at radius 2 is 2.06 bits per heavy atom. The van der Waals surface area contributed by atoms with Gasteiger partial charge in [0.15, 0.2) is 0 Å². The van der Waals surface area contributed by atoms with E-state index in [-0.39, 0.29) is 11.9 Å². The van der Waals surface area contributed by atoms with Crippen molar-refractivity contribution in [2.24, 2.45) is 5.84 Å². The normalized spacial score (nSPS) is 12.7. The van der Waals surface area contributed by atoms with E-state index in [0.29, 0.717) is 6.42 Å². The molecule has 1 rings (SSSR count). The van der Waals surface area contributed by atoms with E-state index in [1.807, 2.05) is 12.1 Å². The molecule has 0 heterocycles. The Labute approximate surface area is 97.0 Å². The maximum Gasteiger partial charge on any atom is 0.126 e. The van der Waals surface area contributed by atoms with E-state index >= 15 is 0 Å². The average molecular weight is 224 g/mol. The van der Waals surface area contributed by atoms with Crippen molar-refractivity contribution >= 4 is 0 Å². The first-order chi connectivity index (χ1) is 7.77. The zero-order valence-corrected chi connectivity index (χ0v) is 9.88. The summed E-state index contributed by atoms with van der Waals surface area (Å²) >= 11 is 0. The topological polar surface area (TPSA) is 38.0 Å². The van der Waals surface area contributed by atoms with E-state index in [2.05, 4.69) is 12.3 Å². The third kappa shape index (κ3) is 4.29. The monoisotopic (exact) mass is 224 g/mol. The van der Waals surface area contributed by atoms with Crippen molar-refractivity contribution in [3.63, 3.8) is 0 Å². The molecule has 16 heavy (non-hydrogen) atoms. The maximum atomic E-state index is 13.4. The highest BCUT2D eigenvalue weighted by Crippen LogP contribution is 2.12. The number of nitrogens with one attached hydrogen (secondary N) is 1. The number of nitrogens with two attached hydrogens (primary N) is 1. The van der Waals surface area contributed by atoms with Crippen molar-refractivity contribution in [1.82, 2.24) is 5.43 Å². The highest BCUT2D eigenvalue weighted by molar-refractivity contribution is 5.18. The molecule has 1 atom stereocenters. The Morgan fingerprint density at radius 3 is 2.69 bits per heavy atom. The second-order valence-corrected chi connectivity index (χ2v) is 4.15. The highest BCUT2D eigenvalue weighted by atomic mass is 19.1. The van der Waals surface area contributed by atoms with E-state index in [0.717, 1.165) is 18.4 Å². The molecular formula is C13H21FN2. The van der Waals surface area contributed by atoms with E-state index in [4.69, 9.17) is 5.84 Å². The second-order valence-electron chi connectivity index (χ2n) is 4.15. The Bertz CT molecular complexity index is 302. The number of benzene rings is 1. The summed E-state index contributed by atoms with van der Waals surface area (Å²) in [6.45, 7) is 2.17. The van der Waals surface area contributed by atoms with Crippen LogP contribution in [0, 0.1) is 5.82 Å². The second kappa shape index (κ2) is 7.36. The van der Waals surface area contributed by atoms with Crippen LogP contribution in [0.2, 0.25) is 0 Å². The van der Waals surface area contributed by atoms with Crippen LogP contribution in [0.15, 0.2) is 24.3 Å². The number of hydrazine groups is 1. The molecule has 0 aliphatic heterocycles. The average Bonchev–Trinajstić information content (AvgIpc) is 2.30. The van der Waals surface area contributed by atoms with Crippen molar-refractivity contribution in [3.8, 4) is 0 Å². The molecule has 0 radical (unpaired) electrons. The number of hydrogen-bond donors (Lipinski definition) is 2. The molecule has 0 saturated carbocycles. The van der Waals surface area contributed by atoms with E-state index in [1.54, 1.807) is 6.07 Å². The first-order valence-corrected chi connectivity index (χ1v) is 5.97. The van der Waals surface area contributed by atoms with Gasteiger partial charge in [0.1, 0.15) is 5.82 Å². The van der Waals surface area contributed by atoms with Crippen molar-refractivity contribution < 1.29 is 4.39 Å². The molecule has 1 unspecified atom stereocenters. The molecule has 0 fully saturated rings. The number of hydrogen-bond acceptors (Lipinski definition) is 2. The lowest BCUT2D eigenvalue weighted by atomic mass is 10.0. The van der Waals surface area contributed by atoms with Crippen molar-refractivity contribution in [1.29, 1.82) is 0 Å². The van der Waals surface area contributed by atoms with Crippen LogP contribution in [0.3, 0.4) is 0 Å². The minimum absolute atomic E-state index is 0.141. The van der Waals surface area contributed by atoms with Gasteiger partial charge in [-0.25, -0.2) is 4.39 Å². The van der Waals surface area contributed by atoms with Crippen molar-refractivity contribution in [2.45, 2.75) is 45.1 Å². The summed E-state index contributed by atoms with van der Waals surface area (Å²) in [7, 11) is 0. The minimum Gasteiger partial charge on any atom is -0.271 e. The standard InChI is InChI=1S/C13H21FN2/c1-2-3-4-8-12(16-15)10-11-7-5-6-9-13(11)14/h5-7,9,12,16H,2-4,8,10,15H2,1H3. The van der Waals surface area contributed by atoms with Crippen LogP contribution < -0.4 is 11.3 Å². The largest absolute Gasteiger partial charge is 0.271 e. The molecule has 0 amide bonds. The number of unbranched alkanes of at least 4 members (excludes halogenated alkanes) is 2.